The fourth-order valence-corrected chi connectivity index (χ4v) is 3.78. The van der Waals surface area contributed by atoms with Crippen molar-refractivity contribution in [3.63, 3.8) is 0 Å². The van der Waals surface area contributed by atoms with Gasteiger partial charge in [0.1, 0.15) is 17.5 Å². The van der Waals surface area contributed by atoms with E-state index < -0.39 is 0 Å². The minimum atomic E-state index is -0.295. The van der Waals surface area contributed by atoms with E-state index in [0.717, 1.165) is 22.6 Å². The predicted molar refractivity (Wildman–Crippen MR) is 118 cm³/mol. The number of nitrogens with one attached hydrogen (secondary N) is 1. The molecule has 164 valence electrons. The number of carbonyl (C=O) groups is 1. The van der Waals surface area contributed by atoms with Gasteiger partial charge in [-0.3, -0.25) is 0 Å². The maximum atomic E-state index is 13.4. The minimum Gasteiger partial charge on any atom is -0.352 e. The molecule has 2 aromatic heterocycles. The lowest BCUT2D eigenvalue weighted by atomic mass is 10.1. The zero-order valence-corrected chi connectivity index (χ0v) is 18.6. The van der Waals surface area contributed by atoms with Crippen LogP contribution < -0.4 is 10.2 Å². The molecule has 1 aromatic carbocycles. The van der Waals surface area contributed by atoms with Crippen molar-refractivity contribution >= 4 is 22.9 Å². The number of amides is 2. The zero-order chi connectivity index (χ0) is 22.3. The van der Waals surface area contributed by atoms with Gasteiger partial charge in [-0.2, -0.15) is 5.10 Å². The van der Waals surface area contributed by atoms with E-state index >= 15 is 0 Å². The van der Waals surface area contributed by atoms with Crippen molar-refractivity contribution in [2.24, 2.45) is 0 Å². The van der Waals surface area contributed by atoms with Crippen LogP contribution in [-0.4, -0.2) is 62.4 Å². The Morgan fingerprint density at radius 1 is 1.03 bits per heavy atom. The molecule has 0 spiro atoms. The summed E-state index contributed by atoms with van der Waals surface area (Å²) in [6.45, 7) is 12.3. The van der Waals surface area contributed by atoms with Crippen LogP contribution in [0.4, 0.5) is 15.0 Å². The summed E-state index contributed by atoms with van der Waals surface area (Å²) in [6.07, 6.45) is 0. The number of rotatable bonds is 2. The smallest absolute Gasteiger partial charge is 0.317 e. The third-order valence-corrected chi connectivity index (χ3v) is 5.21. The number of anilines is 1. The minimum absolute atomic E-state index is 0.0449. The molecule has 1 fully saturated rings. The number of hydrogen-bond donors (Lipinski definition) is 1. The van der Waals surface area contributed by atoms with Gasteiger partial charge in [-0.1, -0.05) is 0 Å². The van der Waals surface area contributed by atoms with Crippen LogP contribution in [0.15, 0.2) is 24.3 Å². The average Bonchev–Trinajstić information content (AvgIpc) is 3.03. The van der Waals surface area contributed by atoms with Gasteiger partial charge < -0.3 is 15.1 Å². The lowest BCUT2D eigenvalue weighted by Crippen LogP contribution is -2.55. The van der Waals surface area contributed by atoms with Crippen LogP contribution in [0.2, 0.25) is 0 Å². The fourth-order valence-electron chi connectivity index (χ4n) is 3.78. The van der Waals surface area contributed by atoms with E-state index in [9.17, 15) is 9.18 Å². The van der Waals surface area contributed by atoms with E-state index in [2.05, 4.69) is 20.3 Å². The first-order chi connectivity index (χ1) is 14.6. The second-order valence-electron chi connectivity index (χ2n) is 8.92. The Hall–Kier alpha value is -3.23. The Bertz CT molecular complexity index is 1110. The first-order valence-electron chi connectivity index (χ1n) is 10.4. The molecule has 3 aromatic rings. The van der Waals surface area contributed by atoms with E-state index in [-0.39, 0.29) is 17.4 Å². The normalized spacial score (nSPS) is 14.9. The van der Waals surface area contributed by atoms with E-state index in [0.29, 0.717) is 37.7 Å². The van der Waals surface area contributed by atoms with Crippen molar-refractivity contribution in [2.45, 2.75) is 40.2 Å². The molecule has 0 bridgehead atoms. The van der Waals surface area contributed by atoms with Gasteiger partial charge in [0.2, 0.25) is 0 Å². The van der Waals surface area contributed by atoms with Crippen molar-refractivity contribution in [3.8, 4) is 5.69 Å². The maximum absolute atomic E-state index is 13.4. The van der Waals surface area contributed by atoms with Crippen molar-refractivity contribution in [1.29, 1.82) is 0 Å². The van der Waals surface area contributed by atoms with Gasteiger partial charge in [0.15, 0.2) is 5.65 Å². The standard InChI is InChI=1S/C22H28FN7O/c1-14-18-19(28-10-12-29(13-11-28)21(31)26-22(3,4)5)24-15(2)25-20(18)30(27-14)17-8-6-16(23)7-9-17/h6-9H,10-13H2,1-5H3,(H,26,31). The van der Waals surface area contributed by atoms with Gasteiger partial charge in [0.05, 0.1) is 16.8 Å². The molecule has 1 N–H and O–H groups in total. The Kier molecular flexibility index (Phi) is 5.28. The topological polar surface area (TPSA) is 79.2 Å². The van der Waals surface area contributed by atoms with Gasteiger partial charge in [0, 0.05) is 31.7 Å². The zero-order valence-electron chi connectivity index (χ0n) is 18.6. The molecule has 2 amide bonds. The molecular formula is C22H28FN7O. The van der Waals surface area contributed by atoms with E-state index in [1.54, 1.807) is 16.8 Å². The molecule has 0 atom stereocenters. The summed E-state index contributed by atoms with van der Waals surface area (Å²) in [4.78, 5) is 25.9. The first kappa shape index (κ1) is 21.0. The molecular weight excluding hydrogens is 397 g/mol. The van der Waals surface area contributed by atoms with Gasteiger partial charge in [0.25, 0.3) is 0 Å². The molecule has 1 aliphatic rings. The number of benzene rings is 1. The van der Waals surface area contributed by atoms with Gasteiger partial charge in [-0.15, -0.1) is 0 Å². The van der Waals surface area contributed by atoms with E-state index in [1.165, 1.54) is 12.1 Å². The molecule has 31 heavy (non-hydrogen) atoms. The highest BCUT2D eigenvalue weighted by Crippen LogP contribution is 2.29. The summed E-state index contributed by atoms with van der Waals surface area (Å²) in [7, 11) is 0. The van der Waals surface area contributed by atoms with Gasteiger partial charge in [-0.25, -0.2) is 23.8 Å². The number of fused-ring (bicyclic) bond motifs is 1. The molecule has 1 aliphatic heterocycles. The highest BCUT2D eigenvalue weighted by atomic mass is 19.1. The van der Waals surface area contributed by atoms with Crippen molar-refractivity contribution in [1.82, 2.24) is 30.0 Å². The highest BCUT2D eigenvalue weighted by molar-refractivity contribution is 5.91. The molecule has 0 aliphatic carbocycles. The van der Waals surface area contributed by atoms with Crippen LogP contribution in [0.25, 0.3) is 16.7 Å². The number of carbonyl (C=O) groups excluding carboxylic acids is 1. The number of piperazine rings is 1. The summed E-state index contributed by atoms with van der Waals surface area (Å²) < 4.78 is 15.1. The average molecular weight is 426 g/mol. The number of hydrogen-bond acceptors (Lipinski definition) is 5. The van der Waals surface area contributed by atoms with Crippen molar-refractivity contribution in [3.05, 3.63) is 41.6 Å². The van der Waals surface area contributed by atoms with Crippen LogP contribution in [0.5, 0.6) is 0 Å². The molecule has 9 heteroatoms. The lowest BCUT2D eigenvalue weighted by molar-refractivity contribution is 0.185. The molecule has 0 unspecified atom stereocenters. The number of nitrogens with zero attached hydrogens (tertiary/aromatic N) is 6. The number of aryl methyl sites for hydroxylation is 2. The van der Waals surface area contributed by atoms with Crippen LogP contribution in [0.1, 0.15) is 32.3 Å². The first-order valence-corrected chi connectivity index (χ1v) is 10.4. The summed E-state index contributed by atoms with van der Waals surface area (Å²) in [5.41, 5.74) is 1.98. The number of halogens is 1. The third kappa shape index (κ3) is 4.30. The quantitative estimate of drug-likeness (QED) is 0.682. The van der Waals surface area contributed by atoms with Crippen molar-refractivity contribution in [2.75, 3.05) is 31.1 Å². The monoisotopic (exact) mass is 425 g/mol. The third-order valence-electron chi connectivity index (χ3n) is 5.21. The van der Waals surface area contributed by atoms with Crippen LogP contribution >= 0.6 is 0 Å². The summed E-state index contributed by atoms with van der Waals surface area (Å²) >= 11 is 0. The Morgan fingerprint density at radius 3 is 2.29 bits per heavy atom. The maximum Gasteiger partial charge on any atom is 0.317 e. The largest absolute Gasteiger partial charge is 0.352 e. The number of urea groups is 1. The van der Waals surface area contributed by atoms with E-state index in [4.69, 9.17) is 4.98 Å². The van der Waals surface area contributed by atoms with Crippen LogP contribution in [0, 0.1) is 19.7 Å². The number of aromatic nitrogens is 4. The Balaban J connectivity index is 1.63. The summed E-state index contributed by atoms with van der Waals surface area (Å²) in [6, 6.07) is 6.15. The van der Waals surface area contributed by atoms with Crippen LogP contribution in [0.3, 0.4) is 0 Å². The molecule has 3 heterocycles. The van der Waals surface area contributed by atoms with Gasteiger partial charge in [-0.05, 0) is 58.9 Å². The summed E-state index contributed by atoms with van der Waals surface area (Å²) in [5.74, 6) is 1.17. The van der Waals surface area contributed by atoms with Crippen LogP contribution in [-0.2, 0) is 0 Å². The molecule has 1 saturated heterocycles. The highest BCUT2D eigenvalue weighted by Gasteiger charge is 2.27. The molecule has 0 saturated carbocycles. The Labute approximate surface area is 181 Å². The second kappa shape index (κ2) is 7.79. The Morgan fingerprint density at radius 2 is 1.68 bits per heavy atom. The second-order valence-corrected chi connectivity index (χ2v) is 8.92. The summed E-state index contributed by atoms with van der Waals surface area (Å²) in [5, 5.41) is 8.56. The van der Waals surface area contributed by atoms with E-state index in [1.807, 2.05) is 39.5 Å². The molecule has 0 radical (unpaired) electrons. The molecule has 4 rings (SSSR count). The predicted octanol–water partition coefficient (Wildman–Crippen LogP) is 3.20. The molecule has 8 nitrogen and oxygen atoms in total. The SMILES string of the molecule is Cc1nc(N2CCN(C(=O)NC(C)(C)C)CC2)c2c(C)nn(-c3ccc(F)cc3)c2n1. The lowest BCUT2D eigenvalue weighted by Gasteiger charge is -2.37. The fraction of sp³-hybridized carbons (Fsp3) is 0.455. The van der Waals surface area contributed by atoms with Crippen molar-refractivity contribution < 1.29 is 9.18 Å². The van der Waals surface area contributed by atoms with Gasteiger partial charge >= 0.3 is 6.03 Å².